The van der Waals surface area contributed by atoms with Gasteiger partial charge in [-0.3, -0.25) is 10.1 Å². The zero-order valence-corrected chi connectivity index (χ0v) is 12.4. The lowest BCUT2D eigenvalue weighted by atomic mass is 9.65. The van der Waals surface area contributed by atoms with Gasteiger partial charge in [0.2, 0.25) is 5.91 Å². The van der Waals surface area contributed by atoms with Crippen LogP contribution < -0.4 is 11.1 Å². The summed E-state index contributed by atoms with van der Waals surface area (Å²) in [6.07, 6.45) is -1.10. The van der Waals surface area contributed by atoms with Gasteiger partial charge in [-0.05, 0) is 37.0 Å². The highest BCUT2D eigenvalue weighted by atomic mass is 19.4. The van der Waals surface area contributed by atoms with Crippen molar-refractivity contribution >= 4 is 5.91 Å². The SMILES string of the molecule is CCC(C)(C)C1CCC(NCC(F)(F)F)(C(N)=O)CC1. The van der Waals surface area contributed by atoms with Crippen molar-refractivity contribution in [1.29, 1.82) is 0 Å². The maximum atomic E-state index is 12.3. The lowest BCUT2D eigenvalue weighted by Gasteiger charge is -2.44. The molecule has 0 radical (unpaired) electrons. The zero-order valence-electron chi connectivity index (χ0n) is 12.4. The normalized spacial score (nSPS) is 28.4. The molecule has 1 aliphatic carbocycles. The Morgan fingerprint density at radius 3 is 2.15 bits per heavy atom. The number of alkyl halides is 3. The Hall–Kier alpha value is -0.780. The van der Waals surface area contributed by atoms with Crippen molar-refractivity contribution < 1.29 is 18.0 Å². The summed E-state index contributed by atoms with van der Waals surface area (Å²) >= 11 is 0. The molecule has 1 fully saturated rings. The molecule has 1 aliphatic rings. The van der Waals surface area contributed by atoms with Crippen LogP contribution in [0.2, 0.25) is 0 Å². The van der Waals surface area contributed by atoms with E-state index < -0.39 is 24.2 Å². The smallest absolute Gasteiger partial charge is 0.368 e. The Bertz CT molecular complexity index is 345. The highest BCUT2D eigenvalue weighted by Gasteiger charge is 2.45. The fourth-order valence-electron chi connectivity index (χ4n) is 2.96. The second kappa shape index (κ2) is 5.92. The van der Waals surface area contributed by atoms with Gasteiger partial charge in [-0.15, -0.1) is 0 Å². The number of amides is 1. The molecule has 0 spiro atoms. The first-order valence-electron chi connectivity index (χ1n) is 7.14. The zero-order chi connectivity index (χ0) is 15.6. The standard InChI is InChI=1S/C14H25F3N2O/c1-4-12(2,3)10-5-7-13(8-6-10,11(18)20)19-9-14(15,16)17/h10,19H,4-9H2,1-3H3,(H2,18,20). The van der Waals surface area contributed by atoms with Gasteiger partial charge in [0.05, 0.1) is 12.1 Å². The summed E-state index contributed by atoms with van der Waals surface area (Å²) in [4.78, 5) is 11.6. The molecule has 0 saturated heterocycles. The van der Waals surface area contributed by atoms with Gasteiger partial charge in [0, 0.05) is 0 Å². The third-order valence-corrected chi connectivity index (χ3v) is 4.95. The van der Waals surface area contributed by atoms with Crippen molar-refractivity contribution in [2.45, 2.75) is 64.6 Å². The summed E-state index contributed by atoms with van der Waals surface area (Å²) in [6.45, 7) is 5.27. The molecule has 0 aromatic heterocycles. The van der Waals surface area contributed by atoms with E-state index in [-0.39, 0.29) is 5.41 Å². The van der Waals surface area contributed by atoms with Crippen molar-refractivity contribution in [1.82, 2.24) is 5.32 Å². The van der Waals surface area contributed by atoms with Crippen molar-refractivity contribution in [2.24, 2.45) is 17.1 Å². The van der Waals surface area contributed by atoms with Gasteiger partial charge < -0.3 is 5.73 Å². The highest BCUT2D eigenvalue weighted by Crippen LogP contribution is 2.43. The van der Waals surface area contributed by atoms with E-state index in [9.17, 15) is 18.0 Å². The second-order valence-electron chi connectivity index (χ2n) is 6.53. The number of carbonyl (C=O) groups is 1. The first-order valence-corrected chi connectivity index (χ1v) is 7.14. The average Bonchev–Trinajstić information content (AvgIpc) is 2.35. The highest BCUT2D eigenvalue weighted by molar-refractivity contribution is 5.84. The number of primary amides is 1. The van der Waals surface area contributed by atoms with Gasteiger partial charge in [0.15, 0.2) is 0 Å². The van der Waals surface area contributed by atoms with Gasteiger partial charge in [0.25, 0.3) is 0 Å². The molecule has 118 valence electrons. The number of hydrogen-bond donors (Lipinski definition) is 2. The summed E-state index contributed by atoms with van der Waals surface area (Å²) in [5, 5.41) is 2.36. The molecule has 3 N–H and O–H groups in total. The van der Waals surface area contributed by atoms with E-state index in [0.29, 0.717) is 18.8 Å². The fraction of sp³-hybridized carbons (Fsp3) is 0.929. The van der Waals surface area contributed by atoms with Crippen LogP contribution in [-0.2, 0) is 4.79 Å². The molecular formula is C14H25F3N2O. The maximum absolute atomic E-state index is 12.3. The quantitative estimate of drug-likeness (QED) is 0.819. The van der Waals surface area contributed by atoms with E-state index in [1.165, 1.54) is 0 Å². The van der Waals surface area contributed by atoms with Crippen LogP contribution in [0.4, 0.5) is 13.2 Å². The maximum Gasteiger partial charge on any atom is 0.401 e. The van der Waals surface area contributed by atoms with Crippen LogP contribution in [0.1, 0.15) is 52.9 Å². The van der Waals surface area contributed by atoms with Gasteiger partial charge in [-0.1, -0.05) is 27.2 Å². The first-order chi connectivity index (χ1) is 9.02. The van der Waals surface area contributed by atoms with Crippen LogP contribution in [0, 0.1) is 11.3 Å². The molecule has 0 heterocycles. The molecule has 20 heavy (non-hydrogen) atoms. The molecule has 0 atom stereocenters. The number of halogens is 3. The minimum absolute atomic E-state index is 0.147. The van der Waals surface area contributed by atoms with Crippen molar-refractivity contribution in [3.8, 4) is 0 Å². The molecule has 0 aromatic rings. The number of rotatable bonds is 5. The molecule has 0 bridgehead atoms. The average molecular weight is 294 g/mol. The van der Waals surface area contributed by atoms with Gasteiger partial charge in [0.1, 0.15) is 0 Å². The summed E-state index contributed by atoms with van der Waals surface area (Å²) in [5.41, 5.74) is 4.30. The number of hydrogen-bond acceptors (Lipinski definition) is 2. The summed E-state index contributed by atoms with van der Waals surface area (Å²) in [7, 11) is 0. The largest absolute Gasteiger partial charge is 0.401 e. The minimum Gasteiger partial charge on any atom is -0.368 e. The predicted octanol–water partition coefficient (Wildman–Crippen LogP) is 2.99. The predicted molar refractivity (Wildman–Crippen MR) is 72.0 cm³/mol. The van der Waals surface area contributed by atoms with E-state index in [1.807, 2.05) is 0 Å². The molecule has 0 unspecified atom stereocenters. The third-order valence-electron chi connectivity index (χ3n) is 4.95. The van der Waals surface area contributed by atoms with Gasteiger partial charge in [-0.2, -0.15) is 13.2 Å². The lowest BCUT2D eigenvalue weighted by Crippen LogP contribution is -2.59. The topological polar surface area (TPSA) is 55.1 Å². The van der Waals surface area contributed by atoms with E-state index in [1.54, 1.807) is 0 Å². The molecule has 1 amide bonds. The van der Waals surface area contributed by atoms with Crippen LogP contribution in [0.25, 0.3) is 0 Å². The van der Waals surface area contributed by atoms with Crippen LogP contribution in [0.15, 0.2) is 0 Å². The monoisotopic (exact) mass is 294 g/mol. The van der Waals surface area contributed by atoms with E-state index >= 15 is 0 Å². The van der Waals surface area contributed by atoms with Crippen LogP contribution >= 0.6 is 0 Å². The number of nitrogens with one attached hydrogen (secondary N) is 1. The van der Waals surface area contributed by atoms with Crippen LogP contribution in [0.3, 0.4) is 0 Å². The molecule has 0 aliphatic heterocycles. The Balaban J connectivity index is 2.71. The fourth-order valence-corrected chi connectivity index (χ4v) is 2.96. The number of carbonyl (C=O) groups excluding carboxylic acids is 1. The van der Waals surface area contributed by atoms with E-state index in [0.717, 1.165) is 19.3 Å². The summed E-state index contributed by atoms with van der Waals surface area (Å²) < 4.78 is 37.0. The molecule has 3 nitrogen and oxygen atoms in total. The summed E-state index contributed by atoms with van der Waals surface area (Å²) in [6, 6.07) is 0. The Labute approximate surface area is 118 Å². The van der Waals surface area contributed by atoms with Crippen molar-refractivity contribution in [3.05, 3.63) is 0 Å². The van der Waals surface area contributed by atoms with E-state index in [2.05, 4.69) is 26.1 Å². The number of nitrogens with two attached hydrogens (primary N) is 1. The summed E-state index contributed by atoms with van der Waals surface area (Å²) in [5.74, 6) is -0.248. The minimum atomic E-state index is -4.33. The Kier molecular flexibility index (Phi) is 5.11. The Morgan fingerprint density at radius 2 is 1.80 bits per heavy atom. The molecule has 6 heteroatoms. The lowest BCUT2D eigenvalue weighted by molar-refractivity contribution is -0.138. The second-order valence-corrected chi connectivity index (χ2v) is 6.53. The van der Waals surface area contributed by atoms with Crippen LogP contribution in [-0.4, -0.2) is 24.2 Å². The molecule has 1 rings (SSSR count). The first kappa shape index (κ1) is 17.3. The molecule has 1 saturated carbocycles. The van der Waals surface area contributed by atoms with Gasteiger partial charge in [-0.25, -0.2) is 0 Å². The Morgan fingerprint density at radius 1 is 1.30 bits per heavy atom. The van der Waals surface area contributed by atoms with Crippen molar-refractivity contribution in [3.63, 3.8) is 0 Å². The third kappa shape index (κ3) is 4.11. The van der Waals surface area contributed by atoms with Crippen LogP contribution in [0.5, 0.6) is 0 Å². The molecule has 0 aromatic carbocycles. The van der Waals surface area contributed by atoms with Gasteiger partial charge >= 0.3 is 6.18 Å². The van der Waals surface area contributed by atoms with E-state index in [4.69, 9.17) is 5.73 Å². The molecular weight excluding hydrogens is 269 g/mol. The van der Waals surface area contributed by atoms with Crippen molar-refractivity contribution in [2.75, 3.05) is 6.54 Å².